The minimum atomic E-state index is -0.619. The maximum atomic E-state index is 13.9. The minimum absolute atomic E-state index is 0.0883. The van der Waals surface area contributed by atoms with Gasteiger partial charge in [0.1, 0.15) is 11.4 Å². The maximum Gasteiger partial charge on any atom is 0.269 e. The van der Waals surface area contributed by atoms with E-state index in [0.717, 1.165) is 0 Å². The van der Waals surface area contributed by atoms with Crippen molar-refractivity contribution in [1.29, 1.82) is 0 Å². The van der Waals surface area contributed by atoms with Crippen molar-refractivity contribution < 1.29 is 18.7 Å². The summed E-state index contributed by atoms with van der Waals surface area (Å²) >= 11 is 0. The third-order valence-electron chi connectivity index (χ3n) is 5.96. The van der Waals surface area contributed by atoms with Crippen molar-refractivity contribution in [3.8, 4) is 17.2 Å². The molecule has 34 heavy (non-hydrogen) atoms. The summed E-state index contributed by atoms with van der Waals surface area (Å²) in [6.07, 6.45) is 1.30. The Morgan fingerprint density at radius 1 is 1.18 bits per heavy atom. The van der Waals surface area contributed by atoms with E-state index in [4.69, 9.17) is 15.6 Å². The van der Waals surface area contributed by atoms with Crippen LogP contribution >= 0.6 is 0 Å². The SMILES string of the molecule is C=CC(=O)N1CC(N2CCNc3c2nn(-c2ccc(Oc4ccccc4F)cc2)c3C(N)=O)C1. The Labute approximate surface area is 195 Å². The van der Waals surface area contributed by atoms with Gasteiger partial charge in [-0.2, -0.15) is 0 Å². The van der Waals surface area contributed by atoms with Gasteiger partial charge >= 0.3 is 0 Å². The van der Waals surface area contributed by atoms with Crippen LogP contribution in [0.3, 0.4) is 0 Å². The van der Waals surface area contributed by atoms with Gasteiger partial charge in [-0.1, -0.05) is 18.7 Å². The standard InChI is InChI=1S/C24H23FN6O3/c1-2-20(32)29-13-16(14-29)30-12-11-27-21-22(23(26)33)31(28-24(21)30)15-7-9-17(10-8-15)34-19-6-4-3-5-18(19)25/h2-10,16,27H,1,11-14H2,(H2,26,33). The molecule has 1 saturated heterocycles. The normalized spacial score (nSPS) is 15.2. The van der Waals surface area contributed by atoms with Gasteiger partial charge in [-0.15, -0.1) is 5.10 Å². The molecule has 9 nitrogen and oxygen atoms in total. The molecule has 0 unspecified atom stereocenters. The molecule has 0 atom stereocenters. The molecule has 0 aliphatic carbocycles. The zero-order valence-electron chi connectivity index (χ0n) is 18.3. The second kappa shape index (κ2) is 8.54. The fourth-order valence-corrected chi connectivity index (χ4v) is 4.22. The number of aromatic nitrogens is 2. The van der Waals surface area contributed by atoms with E-state index in [9.17, 15) is 14.0 Å². The van der Waals surface area contributed by atoms with Crippen molar-refractivity contribution in [3.63, 3.8) is 0 Å². The Hall–Kier alpha value is -4.34. The molecule has 10 heteroatoms. The Morgan fingerprint density at radius 2 is 1.91 bits per heavy atom. The van der Waals surface area contributed by atoms with Crippen molar-refractivity contribution in [3.05, 3.63) is 72.7 Å². The van der Waals surface area contributed by atoms with E-state index in [-0.39, 0.29) is 23.4 Å². The summed E-state index contributed by atoms with van der Waals surface area (Å²) in [6, 6.07) is 13.0. The molecule has 0 saturated carbocycles. The molecule has 2 amide bonds. The highest BCUT2D eigenvalue weighted by Crippen LogP contribution is 2.36. The number of likely N-dealkylation sites (tertiary alicyclic amines) is 1. The highest BCUT2D eigenvalue weighted by atomic mass is 19.1. The lowest BCUT2D eigenvalue weighted by Gasteiger charge is -2.46. The highest BCUT2D eigenvalue weighted by Gasteiger charge is 2.39. The predicted octanol–water partition coefficient (Wildman–Crippen LogP) is 2.53. The number of amides is 2. The van der Waals surface area contributed by atoms with Gasteiger partial charge in [-0.05, 0) is 42.5 Å². The van der Waals surface area contributed by atoms with Crippen molar-refractivity contribution in [2.75, 3.05) is 36.4 Å². The Balaban J connectivity index is 1.43. The quantitative estimate of drug-likeness (QED) is 0.546. The number of nitrogens with two attached hydrogens (primary N) is 1. The van der Waals surface area contributed by atoms with Crippen molar-refractivity contribution in [1.82, 2.24) is 14.7 Å². The first-order valence-corrected chi connectivity index (χ1v) is 10.8. The van der Waals surface area contributed by atoms with Crippen molar-refractivity contribution >= 4 is 23.3 Å². The molecule has 1 aromatic heterocycles. The van der Waals surface area contributed by atoms with E-state index < -0.39 is 11.7 Å². The number of benzene rings is 2. The average molecular weight is 462 g/mol. The Morgan fingerprint density at radius 3 is 2.59 bits per heavy atom. The smallest absolute Gasteiger partial charge is 0.269 e. The fourth-order valence-electron chi connectivity index (χ4n) is 4.22. The van der Waals surface area contributed by atoms with Crippen LogP contribution < -0.4 is 20.7 Å². The van der Waals surface area contributed by atoms with Gasteiger partial charge in [0, 0.05) is 26.2 Å². The number of fused-ring (bicyclic) bond motifs is 1. The lowest BCUT2D eigenvalue weighted by atomic mass is 10.1. The van der Waals surface area contributed by atoms with Gasteiger partial charge in [0.25, 0.3) is 5.91 Å². The van der Waals surface area contributed by atoms with Crippen molar-refractivity contribution in [2.24, 2.45) is 5.73 Å². The van der Waals surface area contributed by atoms with Gasteiger partial charge < -0.3 is 25.6 Å². The number of hydrogen-bond donors (Lipinski definition) is 2. The number of anilines is 2. The topological polar surface area (TPSA) is 106 Å². The first-order valence-electron chi connectivity index (χ1n) is 10.8. The molecule has 174 valence electrons. The largest absolute Gasteiger partial charge is 0.454 e. The number of halogens is 1. The van der Waals surface area contributed by atoms with Gasteiger partial charge in [0.15, 0.2) is 23.1 Å². The molecule has 0 spiro atoms. The van der Waals surface area contributed by atoms with Gasteiger partial charge in [0.05, 0.1) is 11.7 Å². The van der Waals surface area contributed by atoms with Gasteiger partial charge in [-0.3, -0.25) is 9.59 Å². The van der Waals surface area contributed by atoms with Crippen LogP contribution in [-0.2, 0) is 4.79 Å². The van der Waals surface area contributed by atoms with Crippen LogP contribution in [0.2, 0.25) is 0 Å². The molecule has 2 aliphatic heterocycles. The second-order valence-corrected chi connectivity index (χ2v) is 8.07. The molecule has 1 fully saturated rings. The number of carbonyl (C=O) groups is 2. The molecule has 0 radical (unpaired) electrons. The first kappa shape index (κ1) is 21.5. The lowest BCUT2D eigenvalue weighted by Crippen LogP contribution is -2.62. The highest BCUT2D eigenvalue weighted by molar-refractivity contribution is 6.00. The van der Waals surface area contributed by atoms with E-state index in [1.807, 2.05) is 0 Å². The molecular weight excluding hydrogens is 439 g/mol. The van der Waals surface area contributed by atoms with Crippen LogP contribution in [0.25, 0.3) is 5.69 Å². The second-order valence-electron chi connectivity index (χ2n) is 8.07. The number of carbonyl (C=O) groups excluding carboxylic acids is 2. The molecule has 3 aromatic rings. The summed E-state index contributed by atoms with van der Waals surface area (Å²) in [7, 11) is 0. The molecular formula is C24H23FN6O3. The van der Waals surface area contributed by atoms with E-state index in [1.165, 1.54) is 16.8 Å². The summed E-state index contributed by atoms with van der Waals surface area (Å²) in [5, 5.41) is 7.94. The summed E-state index contributed by atoms with van der Waals surface area (Å²) in [6.45, 7) is 5.94. The summed E-state index contributed by atoms with van der Waals surface area (Å²) < 4.78 is 21.0. The maximum absolute atomic E-state index is 13.9. The number of hydrogen-bond acceptors (Lipinski definition) is 6. The third-order valence-corrected chi connectivity index (χ3v) is 5.96. The van der Waals surface area contributed by atoms with Crippen molar-refractivity contribution in [2.45, 2.75) is 6.04 Å². The van der Waals surface area contributed by atoms with Crippen LogP contribution in [0.1, 0.15) is 10.5 Å². The van der Waals surface area contributed by atoms with Crippen LogP contribution in [0.5, 0.6) is 11.5 Å². The monoisotopic (exact) mass is 462 g/mol. The predicted molar refractivity (Wildman–Crippen MR) is 125 cm³/mol. The molecule has 0 bridgehead atoms. The molecule has 3 heterocycles. The minimum Gasteiger partial charge on any atom is -0.454 e. The number of nitrogens with zero attached hydrogens (tertiary/aromatic N) is 4. The summed E-state index contributed by atoms with van der Waals surface area (Å²) in [5.74, 6) is -0.0145. The summed E-state index contributed by atoms with van der Waals surface area (Å²) in [5.41, 5.74) is 7.13. The lowest BCUT2D eigenvalue weighted by molar-refractivity contribution is -0.130. The van der Waals surface area contributed by atoms with Gasteiger partial charge in [-0.25, -0.2) is 9.07 Å². The van der Waals surface area contributed by atoms with Gasteiger partial charge in [0.2, 0.25) is 5.91 Å². The van der Waals surface area contributed by atoms with Crippen LogP contribution in [0, 0.1) is 5.82 Å². The number of ether oxygens (including phenoxy) is 1. The first-order chi connectivity index (χ1) is 16.5. The molecule has 3 N–H and O–H groups in total. The van der Waals surface area contributed by atoms with Crippen LogP contribution in [-0.4, -0.2) is 58.7 Å². The van der Waals surface area contributed by atoms with Crippen LogP contribution in [0.4, 0.5) is 15.9 Å². The van der Waals surface area contributed by atoms with Crippen LogP contribution in [0.15, 0.2) is 61.2 Å². The average Bonchev–Trinajstić information content (AvgIpc) is 3.20. The number of nitrogens with one attached hydrogen (secondary N) is 1. The third kappa shape index (κ3) is 3.72. The zero-order valence-corrected chi connectivity index (χ0v) is 18.3. The number of para-hydroxylation sites is 1. The molecule has 2 aliphatic rings. The summed E-state index contributed by atoms with van der Waals surface area (Å²) in [4.78, 5) is 28.0. The molecule has 5 rings (SSSR count). The van der Waals surface area contributed by atoms with E-state index >= 15 is 0 Å². The zero-order chi connectivity index (χ0) is 23.8. The van der Waals surface area contributed by atoms with E-state index in [1.54, 1.807) is 47.4 Å². The van der Waals surface area contributed by atoms with E-state index in [2.05, 4.69) is 16.8 Å². The van der Waals surface area contributed by atoms with E-state index in [0.29, 0.717) is 49.1 Å². The number of rotatable bonds is 6. The Kier molecular flexibility index (Phi) is 5.40. The number of primary amides is 1. The Bertz CT molecular complexity index is 1270. The fraction of sp³-hybridized carbons (Fsp3) is 0.208. The molecule has 2 aromatic carbocycles.